The van der Waals surface area contributed by atoms with E-state index in [1.807, 2.05) is 30.3 Å². The second-order valence-corrected chi connectivity index (χ2v) is 2.19. The Morgan fingerprint density at radius 3 is 2.60 bits per heavy atom. The molecular weight excluding hydrogens is 123 g/mol. The third-order valence-electron chi connectivity index (χ3n) is 1.39. The molecule has 0 N–H and O–H groups in total. The lowest BCUT2D eigenvalue weighted by Crippen LogP contribution is -1.96. The van der Waals surface area contributed by atoms with Crippen molar-refractivity contribution in [3.8, 4) is 0 Å². The minimum atomic E-state index is 0.629. The van der Waals surface area contributed by atoms with Gasteiger partial charge in [0.05, 0.1) is 6.19 Å². The van der Waals surface area contributed by atoms with Gasteiger partial charge in [-0.1, -0.05) is 35.9 Å². The highest BCUT2D eigenvalue weighted by Crippen LogP contribution is 1.96. The Morgan fingerprint density at radius 2 is 2.00 bits per heavy atom. The van der Waals surface area contributed by atoms with E-state index in [2.05, 4.69) is 0 Å². The van der Waals surface area contributed by atoms with Crippen LogP contribution in [0.5, 0.6) is 0 Å². The lowest BCUT2D eigenvalue weighted by atomic mass is 9.74. The van der Waals surface area contributed by atoms with Crippen LogP contribution in [0.2, 0.25) is 0 Å². The Kier molecular flexibility index (Phi) is 2.74. The van der Waals surface area contributed by atoms with Gasteiger partial charge in [-0.2, -0.15) is 0 Å². The fraction of sp³-hybridized carbons (Fsp3) is 0.125. The Labute approximate surface area is 61.3 Å². The Bertz CT molecular complexity index is 196. The number of benzene rings is 1. The van der Waals surface area contributed by atoms with Crippen molar-refractivity contribution in [2.45, 2.75) is 6.32 Å². The molecule has 1 aromatic carbocycles. The van der Waals surface area contributed by atoms with Gasteiger partial charge in [0.15, 0.2) is 0 Å². The summed E-state index contributed by atoms with van der Waals surface area (Å²) < 4.78 is 0. The van der Waals surface area contributed by atoms with Crippen LogP contribution in [0.15, 0.2) is 30.3 Å². The topological polar surface area (TPSA) is 17.1 Å². The smallest absolute Gasteiger partial charge is 0.205 e. The molecule has 0 fully saturated rings. The van der Waals surface area contributed by atoms with E-state index in [-0.39, 0.29) is 0 Å². The van der Waals surface area contributed by atoms with Gasteiger partial charge in [-0.3, -0.25) is 0 Å². The molecule has 0 unspecified atom stereocenters. The Morgan fingerprint density at radius 1 is 1.30 bits per heavy atom. The van der Waals surface area contributed by atoms with Crippen molar-refractivity contribution in [3.05, 3.63) is 35.9 Å². The van der Waals surface area contributed by atoms with E-state index in [9.17, 15) is 4.79 Å². The molecule has 1 nitrogen and oxygen atoms in total. The fourth-order valence-electron chi connectivity index (χ4n) is 0.870. The van der Waals surface area contributed by atoms with Gasteiger partial charge in [0, 0.05) is 0 Å². The van der Waals surface area contributed by atoms with Crippen molar-refractivity contribution in [2.24, 2.45) is 0 Å². The zero-order chi connectivity index (χ0) is 7.23. The molecule has 10 heavy (non-hydrogen) atoms. The SMILES string of the molecule is O=CBCc1ccccc1. The summed E-state index contributed by atoms with van der Waals surface area (Å²) in [7, 11) is 0.629. The molecule has 50 valence electrons. The summed E-state index contributed by atoms with van der Waals surface area (Å²) in [6, 6.07) is 10.0. The molecule has 0 aliphatic heterocycles. The zero-order valence-corrected chi connectivity index (χ0v) is 5.79. The van der Waals surface area contributed by atoms with Gasteiger partial charge >= 0.3 is 0 Å². The van der Waals surface area contributed by atoms with Crippen molar-refractivity contribution >= 4 is 13.5 Å². The van der Waals surface area contributed by atoms with E-state index in [4.69, 9.17) is 0 Å². The highest BCUT2D eigenvalue weighted by molar-refractivity contribution is 6.66. The Balaban J connectivity index is 2.50. The summed E-state index contributed by atoms with van der Waals surface area (Å²) in [6.07, 6.45) is 1.82. The minimum absolute atomic E-state index is 0.629. The monoisotopic (exact) mass is 132 g/mol. The number of hydrogen-bond acceptors (Lipinski definition) is 1. The standard InChI is InChI=1S/C8H9BO/c10-7-9-6-8-4-2-1-3-5-8/h1-5,7,9H,6H2. The lowest BCUT2D eigenvalue weighted by molar-refractivity contribution is 0.568. The van der Waals surface area contributed by atoms with Crippen LogP contribution < -0.4 is 0 Å². The number of carbonyl (C=O) groups excluding carboxylic acids is 1. The van der Waals surface area contributed by atoms with E-state index < -0.39 is 0 Å². The van der Waals surface area contributed by atoms with E-state index in [0.717, 1.165) is 12.5 Å². The van der Waals surface area contributed by atoms with Crippen LogP contribution in [0.25, 0.3) is 0 Å². The summed E-state index contributed by atoms with van der Waals surface area (Å²) in [5.74, 6) is 0. The molecule has 0 saturated heterocycles. The highest BCUT2D eigenvalue weighted by Gasteiger charge is 1.90. The maximum Gasteiger partial charge on any atom is 0.205 e. The molecule has 1 rings (SSSR count). The van der Waals surface area contributed by atoms with Crippen LogP contribution in [0.3, 0.4) is 0 Å². The minimum Gasteiger partial charge on any atom is -0.315 e. The first-order chi connectivity index (χ1) is 4.93. The number of carbonyl (C=O) groups is 1. The lowest BCUT2D eigenvalue weighted by Gasteiger charge is -1.92. The van der Waals surface area contributed by atoms with Crippen LogP contribution in [0, 0.1) is 0 Å². The van der Waals surface area contributed by atoms with Crippen molar-refractivity contribution in [1.82, 2.24) is 0 Å². The van der Waals surface area contributed by atoms with Crippen LogP contribution in [0.4, 0.5) is 0 Å². The molecule has 0 heterocycles. The van der Waals surface area contributed by atoms with Gasteiger partial charge < -0.3 is 4.79 Å². The third-order valence-corrected chi connectivity index (χ3v) is 1.39. The van der Waals surface area contributed by atoms with Crippen molar-refractivity contribution in [1.29, 1.82) is 0 Å². The van der Waals surface area contributed by atoms with E-state index >= 15 is 0 Å². The quantitative estimate of drug-likeness (QED) is 0.439. The van der Waals surface area contributed by atoms with Gasteiger partial charge in [0.2, 0.25) is 7.28 Å². The van der Waals surface area contributed by atoms with Crippen molar-refractivity contribution in [3.63, 3.8) is 0 Å². The highest BCUT2D eigenvalue weighted by atomic mass is 16.1. The average molecular weight is 132 g/mol. The summed E-state index contributed by atoms with van der Waals surface area (Å²) in [4.78, 5) is 9.98. The maximum absolute atomic E-state index is 9.98. The van der Waals surface area contributed by atoms with Gasteiger partial charge in [-0.25, -0.2) is 0 Å². The van der Waals surface area contributed by atoms with E-state index in [1.165, 1.54) is 5.56 Å². The molecule has 0 aromatic heterocycles. The second-order valence-electron chi connectivity index (χ2n) is 2.19. The first-order valence-corrected chi connectivity index (χ1v) is 3.41. The molecule has 0 atom stereocenters. The third kappa shape index (κ3) is 2.06. The van der Waals surface area contributed by atoms with E-state index in [0.29, 0.717) is 7.28 Å². The average Bonchev–Trinajstić information content (AvgIpc) is 2.03. The molecule has 0 aliphatic rings. The van der Waals surface area contributed by atoms with Gasteiger partial charge in [-0.15, -0.1) is 0 Å². The fourth-order valence-corrected chi connectivity index (χ4v) is 0.870. The molecule has 0 aliphatic carbocycles. The molecule has 1 aromatic rings. The molecule has 2 heteroatoms. The zero-order valence-electron chi connectivity index (χ0n) is 5.79. The van der Waals surface area contributed by atoms with E-state index in [1.54, 1.807) is 0 Å². The molecule has 0 saturated carbocycles. The van der Waals surface area contributed by atoms with Crippen LogP contribution >= 0.6 is 0 Å². The summed E-state index contributed by atoms with van der Waals surface area (Å²) in [5, 5.41) is 0. The van der Waals surface area contributed by atoms with Crippen molar-refractivity contribution < 1.29 is 4.79 Å². The van der Waals surface area contributed by atoms with Gasteiger partial charge in [0.1, 0.15) is 0 Å². The van der Waals surface area contributed by atoms with Crippen LogP contribution in [-0.2, 0) is 11.1 Å². The first kappa shape index (κ1) is 7.07. The van der Waals surface area contributed by atoms with Crippen LogP contribution in [0.1, 0.15) is 5.56 Å². The molecule has 0 bridgehead atoms. The maximum atomic E-state index is 9.98. The largest absolute Gasteiger partial charge is 0.315 e. The predicted molar refractivity (Wildman–Crippen MR) is 44.0 cm³/mol. The van der Waals surface area contributed by atoms with Gasteiger partial charge in [0.25, 0.3) is 0 Å². The number of rotatable bonds is 3. The number of hydrogen-bond donors (Lipinski definition) is 0. The molecule has 0 amide bonds. The molecule has 0 radical (unpaired) electrons. The Hall–Kier alpha value is -1.05. The summed E-state index contributed by atoms with van der Waals surface area (Å²) in [5.41, 5.74) is 1.23. The van der Waals surface area contributed by atoms with Crippen molar-refractivity contribution in [2.75, 3.05) is 0 Å². The summed E-state index contributed by atoms with van der Waals surface area (Å²) in [6.45, 7) is 0. The summed E-state index contributed by atoms with van der Waals surface area (Å²) >= 11 is 0. The van der Waals surface area contributed by atoms with Crippen LogP contribution in [-0.4, -0.2) is 13.5 Å². The second kappa shape index (κ2) is 3.88. The predicted octanol–water partition coefficient (Wildman–Crippen LogP) is 0.813. The normalized spacial score (nSPS) is 8.80. The molecule has 0 spiro atoms. The van der Waals surface area contributed by atoms with Gasteiger partial charge in [-0.05, 0) is 6.32 Å². The molecular formula is C8H9BO. The first-order valence-electron chi connectivity index (χ1n) is 3.41.